The fourth-order valence-electron chi connectivity index (χ4n) is 2.67. The lowest BCUT2D eigenvalue weighted by molar-refractivity contribution is 0.230. The van der Waals surface area contributed by atoms with Crippen LogP contribution in [0.4, 0.5) is 0 Å². The molecule has 2 aromatic heterocycles. The van der Waals surface area contributed by atoms with Crippen molar-refractivity contribution in [3.63, 3.8) is 0 Å². The van der Waals surface area contributed by atoms with Gasteiger partial charge in [-0.25, -0.2) is 4.98 Å². The van der Waals surface area contributed by atoms with Crippen molar-refractivity contribution in [1.82, 2.24) is 30.2 Å². The largest absolute Gasteiger partial charge is 0.339 e. The molecular formula is C13H20N6O. The summed E-state index contributed by atoms with van der Waals surface area (Å²) in [5.41, 5.74) is 0. The first-order chi connectivity index (χ1) is 9.86. The van der Waals surface area contributed by atoms with Crippen LogP contribution in [-0.4, -0.2) is 36.8 Å². The van der Waals surface area contributed by atoms with Gasteiger partial charge in [0.05, 0.1) is 12.6 Å². The highest BCUT2D eigenvalue weighted by atomic mass is 16.5. The van der Waals surface area contributed by atoms with Gasteiger partial charge < -0.3 is 4.52 Å². The lowest BCUT2D eigenvalue weighted by Gasteiger charge is -2.20. The Morgan fingerprint density at radius 2 is 2.45 bits per heavy atom. The standard InChI is InChI=1S/C13H20N6O/c1-2-3-6-12-16-11(18-20-12)8-19-7-4-5-10(19)13-14-9-15-17-13/h9-10H,2-8H2,1H3,(H,14,15,17)/t10-/m0/s1. The Hall–Kier alpha value is -1.76. The van der Waals surface area contributed by atoms with E-state index in [4.69, 9.17) is 4.52 Å². The Morgan fingerprint density at radius 1 is 1.50 bits per heavy atom. The van der Waals surface area contributed by atoms with Crippen molar-refractivity contribution >= 4 is 0 Å². The number of aryl methyl sites for hydroxylation is 1. The van der Waals surface area contributed by atoms with E-state index < -0.39 is 0 Å². The number of hydrogen-bond acceptors (Lipinski definition) is 6. The van der Waals surface area contributed by atoms with Crippen LogP contribution < -0.4 is 0 Å². The molecule has 2 aromatic rings. The normalized spacial score (nSPS) is 19.8. The summed E-state index contributed by atoms with van der Waals surface area (Å²) < 4.78 is 5.28. The van der Waals surface area contributed by atoms with E-state index in [2.05, 4.69) is 37.1 Å². The zero-order valence-electron chi connectivity index (χ0n) is 11.7. The maximum atomic E-state index is 5.28. The Balaban J connectivity index is 1.63. The number of nitrogens with zero attached hydrogens (tertiary/aromatic N) is 5. The fourth-order valence-corrected chi connectivity index (χ4v) is 2.67. The average Bonchev–Trinajstić information content (AvgIpc) is 3.18. The van der Waals surface area contributed by atoms with Crippen LogP contribution in [0.1, 0.15) is 56.2 Å². The summed E-state index contributed by atoms with van der Waals surface area (Å²) >= 11 is 0. The molecule has 1 aliphatic heterocycles. The van der Waals surface area contributed by atoms with Gasteiger partial charge in [0.2, 0.25) is 5.89 Å². The summed E-state index contributed by atoms with van der Waals surface area (Å²) in [7, 11) is 0. The lowest BCUT2D eigenvalue weighted by atomic mass is 10.2. The van der Waals surface area contributed by atoms with E-state index >= 15 is 0 Å². The molecule has 1 aliphatic rings. The first-order valence-electron chi connectivity index (χ1n) is 7.27. The zero-order chi connectivity index (χ0) is 13.8. The molecule has 0 aliphatic carbocycles. The first-order valence-corrected chi connectivity index (χ1v) is 7.27. The number of hydrogen-bond donors (Lipinski definition) is 1. The van der Waals surface area contributed by atoms with Gasteiger partial charge in [-0.1, -0.05) is 18.5 Å². The van der Waals surface area contributed by atoms with Gasteiger partial charge in [0.25, 0.3) is 0 Å². The second-order valence-electron chi connectivity index (χ2n) is 5.21. The molecule has 1 fully saturated rings. The number of aromatic amines is 1. The number of rotatable bonds is 6. The summed E-state index contributed by atoms with van der Waals surface area (Å²) in [5, 5.41) is 11.0. The predicted molar refractivity (Wildman–Crippen MR) is 71.7 cm³/mol. The smallest absolute Gasteiger partial charge is 0.226 e. The third-order valence-corrected chi connectivity index (χ3v) is 3.71. The Kier molecular flexibility index (Phi) is 4.05. The van der Waals surface area contributed by atoms with Gasteiger partial charge in [0, 0.05) is 6.42 Å². The zero-order valence-corrected chi connectivity index (χ0v) is 11.7. The van der Waals surface area contributed by atoms with Crippen molar-refractivity contribution in [2.24, 2.45) is 0 Å². The van der Waals surface area contributed by atoms with Gasteiger partial charge in [0.1, 0.15) is 12.2 Å². The summed E-state index contributed by atoms with van der Waals surface area (Å²) in [6, 6.07) is 0.287. The van der Waals surface area contributed by atoms with Gasteiger partial charge in [-0.05, 0) is 25.8 Å². The molecule has 0 aromatic carbocycles. The Bertz CT molecular complexity index is 523. The third-order valence-electron chi connectivity index (χ3n) is 3.71. The molecule has 0 spiro atoms. The minimum atomic E-state index is 0.287. The fraction of sp³-hybridized carbons (Fsp3) is 0.692. The Labute approximate surface area is 117 Å². The van der Waals surface area contributed by atoms with Gasteiger partial charge in [0.15, 0.2) is 5.82 Å². The van der Waals surface area contributed by atoms with Crippen LogP contribution in [0.3, 0.4) is 0 Å². The molecule has 20 heavy (non-hydrogen) atoms. The average molecular weight is 276 g/mol. The molecule has 3 rings (SSSR count). The van der Waals surface area contributed by atoms with Crippen LogP contribution in [0.15, 0.2) is 10.9 Å². The minimum absolute atomic E-state index is 0.287. The summed E-state index contributed by atoms with van der Waals surface area (Å²) in [6.45, 7) is 3.90. The van der Waals surface area contributed by atoms with Crippen molar-refractivity contribution in [1.29, 1.82) is 0 Å². The molecular weight excluding hydrogens is 256 g/mol. The first kappa shape index (κ1) is 13.2. The summed E-state index contributed by atoms with van der Waals surface area (Å²) in [4.78, 5) is 11.1. The van der Waals surface area contributed by atoms with Crippen LogP contribution in [-0.2, 0) is 13.0 Å². The molecule has 0 bridgehead atoms. The number of H-pyrrole nitrogens is 1. The van der Waals surface area contributed by atoms with Crippen LogP contribution in [0.2, 0.25) is 0 Å². The van der Waals surface area contributed by atoms with E-state index in [1.807, 2.05) is 0 Å². The summed E-state index contributed by atoms with van der Waals surface area (Å²) in [5.74, 6) is 2.44. The number of nitrogens with one attached hydrogen (secondary N) is 1. The predicted octanol–water partition coefficient (Wildman–Crippen LogP) is 1.87. The van der Waals surface area contributed by atoms with Crippen molar-refractivity contribution in [2.75, 3.05) is 6.54 Å². The quantitative estimate of drug-likeness (QED) is 0.867. The summed E-state index contributed by atoms with van der Waals surface area (Å²) in [6.07, 6.45) is 6.91. The molecule has 7 heteroatoms. The van der Waals surface area contributed by atoms with Crippen LogP contribution in [0.5, 0.6) is 0 Å². The van der Waals surface area contributed by atoms with E-state index in [0.717, 1.165) is 56.2 Å². The van der Waals surface area contributed by atoms with Crippen molar-refractivity contribution in [3.8, 4) is 0 Å². The van der Waals surface area contributed by atoms with Gasteiger partial charge in [-0.2, -0.15) is 10.1 Å². The molecule has 3 heterocycles. The number of likely N-dealkylation sites (tertiary alicyclic amines) is 1. The van der Waals surface area contributed by atoms with Crippen LogP contribution >= 0.6 is 0 Å². The number of aromatic nitrogens is 5. The van der Waals surface area contributed by atoms with Crippen LogP contribution in [0, 0.1) is 0 Å². The highest BCUT2D eigenvalue weighted by molar-refractivity contribution is 4.98. The van der Waals surface area contributed by atoms with E-state index in [1.165, 1.54) is 0 Å². The molecule has 108 valence electrons. The molecule has 1 atom stereocenters. The highest BCUT2D eigenvalue weighted by Crippen LogP contribution is 2.30. The molecule has 1 saturated heterocycles. The maximum absolute atomic E-state index is 5.28. The second kappa shape index (κ2) is 6.13. The topological polar surface area (TPSA) is 83.7 Å². The van der Waals surface area contributed by atoms with Crippen molar-refractivity contribution in [2.45, 2.75) is 51.6 Å². The molecule has 0 radical (unpaired) electrons. The molecule has 0 unspecified atom stereocenters. The van der Waals surface area contributed by atoms with Gasteiger partial charge in [-0.15, -0.1) is 0 Å². The van der Waals surface area contributed by atoms with Gasteiger partial charge in [-0.3, -0.25) is 10.00 Å². The lowest BCUT2D eigenvalue weighted by Crippen LogP contribution is -2.24. The molecule has 0 saturated carbocycles. The monoisotopic (exact) mass is 276 g/mol. The van der Waals surface area contributed by atoms with E-state index in [0.29, 0.717) is 6.54 Å². The van der Waals surface area contributed by atoms with Crippen molar-refractivity contribution < 1.29 is 4.52 Å². The molecule has 1 N–H and O–H groups in total. The van der Waals surface area contributed by atoms with Gasteiger partial charge >= 0.3 is 0 Å². The van der Waals surface area contributed by atoms with Crippen molar-refractivity contribution in [3.05, 3.63) is 23.9 Å². The van der Waals surface area contributed by atoms with E-state index in [9.17, 15) is 0 Å². The molecule has 7 nitrogen and oxygen atoms in total. The second-order valence-corrected chi connectivity index (χ2v) is 5.21. The molecule has 0 amide bonds. The van der Waals surface area contributed by atoms with E-state index in [1.54, 1.807) is 6.33 Å². The maximum Gasteiger partial charge on any atom is 0.226 e. The van der Waals surface area contributed by atoms with E-state index in [-0.39, 0.29) is 6.04 Å². The Morgan fingerprint density at radius 3 is 3.25 bits per heavy atom. The third kappa shape index (κ3) is 2.87. The SMILES string of the molecule is CCCCc1nc(CN2CCC[C@H]2c2ncn[nH]2)no1. The van der Waals surface area contributed by atoms with Crippen LogP contribution in [0.25, 0.3) is 0 Å². The minimum Gasteiger partial charge on any atom is -0.339 e. The highest BCUT2D eigenvalue weighted by Gasteiger charge is 2.29. The number of unbranched alkanes of at least 4 members (excludes halogenated alkanes) is 1.